The molecule has 1 N–H and O–H groups in total. The van der Waals surface area contributed by atoms with E-state index in [2.05, 4.69) is 10.2 Å². The highest BCUT2D eigenvalue weighted by Gasteiger charge is 2.14. The van der Waals surface area contributed by atoms with Crippen LogP contribution in [0.25, 0.3) is 16.8 Å². The van der Waals surface area contributed by atoms with Gasteiger partial charge in [0.05, 0.1) is 20.3 Å². The van der Waals surface area contributed by atoms with Gasteiger partial charge in [-0.3, -0.25) is 9.69 Å². The fourth-order valence-corrected chi connectivity index (χ4v) is 3.84. The molecule has 0 bridgehead atoms. The van der Waals surface area contributed by atoms with Crippen molar-refractivity contribution >= 4 is 28.4 Å². The van der Waals surface area contributed by atoms with Crippen molar-refractivity contribution in [3.05, 3.63) is 71.8 Å². The van der Waals surface area contributed by atoms with Crippen LogP contribution in [-0.2, 0) is 9.53 Å². The number of morpholine rings is 1. The van der Waals surface area contributed by atoms with E-state index in [-0.39, 0.29) is 5.57 Å². The number of hydrogen-bond donors (Lipinski definition) is 1. The lowest BCUT2D eigenvalue weighted by Gasteiger charge is -2.26. The largest absolute Gasteiger partial charge is 0.493 e. The Morgan fingerprint density at radius 1 is 1.12 bits per heavy atom. The summed E-state index contributed by atoms with van der Waals surface area (Å²) < 4.78 is 16.8. The molecule has 0 saturated carbocycles. The minimum absolute atomic E-state index is 0.00373. The molecule has 3 aromatic rings. The number of anilines is 1. The third-order valence-corrected chi connectivity index (χ3v) is 5.67. The van der Waals surface area contributed by atoms with Crippen molar-refractivity contribution in [2.24, 2.45) is 0 Å². The van der Waals surface area contributed by atoms with Gasteiger partial charge in [0, 0.05) is 30.7 Å². The van der Waals surface area contributed by atoms with E-state index in [9.17, 15) is 10.1 Å². The predicted octanol–water partition coefficient (Wildman–Crippen LogP) is 4.11. The Balaban J connectivity index is 1.45. The van der Waals surface area contributed by atoms with E-state index < -0.39 is 5.91 Å². The summed E-state index contributed by atoms with van der Waals surface area (Å²) in [5.74, 6) is 0.692. The number of carbonyl (C=O) groups is 1. The van der Waals surface area contributed by atoms with E-state index in [4.69, 9.17) is 14.2 Å². The molecule has 0 radical (unpaired) electrons. The summed E-state index contributed by atoms with van der Waals surface area (Å²) in [4.78, 5) is 15.1. The van der Waals surface area contributed by atoms with Crippen molar-refractivity contribution in [3.63, 3.8) is 0 Å². The predicted molar refractivity (Wildman–Crippen MR) is 132 cm³/mol. The summed E-state index contributed by atoms with van der Waals surface area (Å²) in [6.45, 7) is 4.65. The summed E-state index contributed by atoms with van der Waals surface area (Å²) in [7, 11) is 1.57. The fourth-order valence-electron chi connectivity index (χ4n) is 3.84. The molecule has 7 nitrogen and oxygen atoms in total. The van der Waals surface area contributed by atoms with Gasteiger partial charge in [0.2, 0.25) is 0 Å². The maximum Gasteiger partial charge on any atom is 0.266 e. The smallest absolute Gasteiger partial charge is 0.266 e. The van der Waals surface area contributed by atoms with Crippen LogP contribution in [0.1, 0.15) is 5.56 Å². The van der Waals surface area contributed by atoms with Crippen molar-refractivity contribution in [2.45, 2.75) is 0 Å². The Bertz CT molecular complexity index is 1220. The van der Waals surface area contributed by atoms with E-state index >= 15 is 0 Å². The van der Waals surface area contributed by atoms with Gasteiger partial charge in [-0.2, -0.15) is 5.26 Å². The molecule has 1 amide bonds. The number of benzene rings is 3. The number of nitriles is 1. The normalized spacial score (nSPS) is 14.4. The first kappa shape index (κ1) is 23.3. The van der Waals surface area contributed by atoms with Crippen LogP contribution >= 0.6 is 0 Å². The lowest BCUT2D eigenvalue weighted by atomic mass is 10.1. The Morgan fingerprint density at radius 2 is 1.91 bits per heavy atom. The number of rotatable bonds is 8. The van der Waals surface area contributed by atoms with E-state index in [0.29, 0.717) is 29.4 Å². The Kier molecular flexibility index (Phi) is 7.76. The van der Waals surface area contributed by atoms with Gasteiger partial charge in [0.25, 0.3) is 5.91 Å². The molecule has 0 unspecified atom stereocenters. The van der Waals surface area contributed by atoms with Crippen molar-refractivity contribution in [1.82, 2.24) is 4.90 Å². The number of hydrogen-bond acceptors (Lipinski definition) is 6. The van der Waals surface area contributed by atoms with Crippen molar-refractivity contribution in [3.8, 4) is 17.6 Å². The van der Waals surface area contributed by atoms with Gasteiger partial charge in [-0.15, -0.1) is 0 Å². The van der Waals surface area contributed by atoms with Gasteiger partial charge >= 0.3 is 0 Å². The summed E-state index contributed by atoms with van der Waals surface area (Å²) in [5.41, 5.74) is 1.32. The molecule has 0 atom stereocenters. The van der Waals surface area contributed by atoms with Gasteiger partial charge in [-0.05, 0) is 35.2 Å². The highest BCUT2D eigenvalue weighted by Crippen LogP contribution is 2.29. The molecule has 1 aliphatic heterocycles. The zero-order valence-electron chi connectivity index (χ0n) is 19.1. The summed E-state index contributed by atoms with van der Waals surface area (Å²) >= 11 is 0. The van der Waals surface area contributed by atoms with Gasteiger partial charge in [-0.1, -0.05) is 42.5 Å². The van der Waals surface area contributed by atoms with E-state index in [1.54, 1.807) is 31.4 Å². The standard InChI is InChI=1S/C27H27N3O4/c1-32-26-18-20(9-10-25(26)34-16-13-30-11-14-33-15-12-30)17-22(19-28)27(31)29-24-8-4-6-21-5-2-3-7-23(21)24/h2-10,17-18H,11-16H2,1H3,(H,29,31)/b22-17+. The van der Waals surface area contributed by atoms with Crippen LogP contribution in [0.15, 0.2) is 66.2 Å². The van der Waals surface area contributed by atoms with Gasteiger partial charge < -0.3 is 19.5 Å². The first-order valence-corrected chi connectivity index (χ1v) is 11.2. The molecule has 4 rings (SSSR count). The first-order chi connectivity index (χ1) is 16.7. The Labute approximate surface area is 199 Å². The lowest BCUT2D eigenvalue weighted by Crippen LogP contribution is -2.38. The van der Waals surface area contributed by atoms with E-state index in [1.807, 2.05) is 48.5 Å². The number of ether oxygens (including phenoxy) is 3. The Hall–Kier alpha value is -3.86. The van der Waals surface area contributed by atoms with Crippen molar-refractivity contribution < 1.29 is 19.0 Å². The molecule has 0 spiro atoms. The van der Waals surface area contributed by atoms with Crippen LogP contribution in [0.4, 0.5) is 5.69 Å². The second kappa shape index (κ2) is 11.3. The number of nitrogens with zero attached hydrogens (tertiary/aromatic N) is 2. The number of fused-ring (bicyclic) bond motifs is 1. The van der Waals surface area contributed by atoms with Gasteiger partial charge in [0.1, 0.15) is 18.2 Å². The lowest BCUT2D eigenvalue weighted by molar-refractivity contribution is -0.112. The number of nitrogens with one attached hydrogen (secondary N) is 1. The Morgan fingerprint density at radius 3 is 2.71 bits per heavy atom. The maximum atomic E-state index is 12.8. The van der Waals surface area contributed by atoms with Crippen LogP contribution < -0.4 is 14.8 Å². The molecular weight excluding hydrogens is 430 g/mol. The van der Waals surface area contributed by atoms with Crippen LogP contribution in [0, 0.1) is 11.3 Å². The molecule has 3 aromatic carbocycles. The minimum Gasteiger partial charge on any atom is -0.493 e. The molecule has 174 valence electrons. The fraction of sp³-hybridized carbons (Fsp3) is 0.259. The number of carbonyl (C=O) groups excluding carboxylic acids is 1. The quantitative estimate of drug-likeness (QED) is 0.405. The van der Waals surface area contributed by atoms with Crippen LogP contribution in [-0.4, -0.2) is 57.4 Å². The summed E-state index contributed by atoms with van der Waals surface area (Å²) in [5, 5.41) is 14.4. The van der Waals surface area contributed by atoms with Gasteiger partial charge in [-0.25, -0.2) is 0 Å². The third-order valence-electron chi connectivity index (χ3n) is 5.67. The molecule has 0 aliphatic carbocycles. The summed E-state index contributed by atoms with van der Waals surface area (Å²) in [6, 6.07) is 20.8. The molecule has 1 saturated heterocycles. The molecule has 1 fully saturated rings. The van der Waals surface area contributed by atoms with Crippen molar-refractivity contribution in [1.29, 1.82) is 5.26 Å². The zero-order chi connectivity index (χ0) is 23.8. The average Bonchev–Trinajstić information content (AvgIpc) is 2.88. The van der Waals surface area contributed by atoms with E-state index in [0.717, 1.165) is 43.6 Å². The second-order valence-corrected chi connectivity index (χ2v) is 7.86. The third kappa shape index (κ3) is 5.73. The molecule has 1 aliphatic rings. The molecule has 7 heteroatoms. The maximum absolute atomic E-state index is 12.8. The summed E-state index contributed by atoms with van der Waals surface area (Å²) in [6.07, 6.45) is 1.54. The molecular formula is C27H27N3O4. The average molecular weight is 458 g/mol. The zero-order valence-corrected chi connectivity index (χ0v) is 19.1. The topological polar surface area (TPSA) is 83.8 Å². The minimum atomic E-state index is -0.469. The SMILES string of the molecule is COc1cc(/C=C(\C#N)C(=O)Nc2cccc3ccccc23)ccc1OCCN1CCOCC1. The molecule has 1 heterocycles. The second-order valence-electron chi connectivity index (χ2n) is 7.86. The van der Waals surface area contributed by atoms with Crippen LogP contribution in [0.2, 0.25) is 0 Å². The molecule has 34 heavy (non-hydrogen) atoms. The number of amides is 1. The van der Waals surface area contributed by atoms with Crippen LogP contribution in [0.3, 0.4) is 0 Å². The molecule has 0 aromatic heterocycles. The van der Waals surface area contributed by atoms with E-state index in [1.165, 1.54) is 0 Å². The first-order valence-electron chi connectivity index (χ1n) is 11.2. The number of methoxy groups -OCH3 is 1. The highest BCUT2D eigenvalue weighted by atomic mass is 16.5. The van der Waals surface area contributed by atoms with Crippen molar-refractivity contribution in [2.75, 3.05) is 51.9 Å². The highest BCUT2D eigenvalue weighted by molar-refractivity contribution is 6.12. The monoisotopic (exact) mass is 457 g/mol. The van der Waals surface area contributed by atoms with Crippen LogP contribution in [0.5, 0.6) is 11.5 Å². The van der Waals surface area contributed by atoms with Gasteiger partial charge in [0.15, 0.2) is 11.5 Å².